The average Bonchev–Trinajstić information content (AvgIpc) is 3.06. The summed E-state index contributed by atoms with van der Waals surface area (Å²) in [6, 6.07) is 28.7. The van der Waals surface area contributed by atoms with Crippen molar-refractivity contribution in [1.82, 2.24) is 0 Å². The van der Waals surface area contributed by atoms with Gasteiger partial charge in [0.15, 0.2) is 5.69 Å². The third-order valence-electron chi connectivity index (χ3n) is 4.79. The van der Waals surface area contributed by atoms with Crippen LogP contribution in [0.5, 0.6) is 11.5 Å². The molecule has 1 unspecified atom stereocenters. The van der Waals surface area contributed by atoms with E-state index in [9.17, 15) is 0 Å². The first-order valence-electron chi connectivity index (χ1n) is 8.73. The molecule has 0 aliphatic carbocycles. The SMILES string of the molecule is Cc1ccc2cccc3c2[n+]1C(Oc1ccccc1-c1ccccc1)O3. The molecule has 1 aliphatic heterocycles. The van der Waals surface area contributed by atoms with Crippen LogP contribution >= 0.6 is 0 Å². The molecule has 1 atom stereocenters. The van der Waals surface area contributed by atoms with Crippen LogP contribution in [0.15, 0.2) is 84.9 Å². The van der Waals surface area contributed by atoms with E-state index in [0.717, 1.165) is 39.2 Å². The van der Waals surface area contributed by atoms with Crippen molar-refractivity contribution >= 4 is 10.9 Å². The molecule has 3 heteroatoms. The summed E-state index contributed by atoms with van der Waals surface area (Å²) < 4.78 is 14.6. The molecule has 0 amide bonds. The van der Waals surface area contributed by atoms with Crippen LogP contribution in [0.1, 0.15) is 12.1 Å². The van der Waals surface area contributed by atoms with Gasteiger partial charge in [-0.15, -0.1) is 4.57 Å². The van der Waals surface area contributed by atoms with E-state index in [-0.39, 0.29) is 0 Å². The summed E-state index contributed by atoms with van der Waals surface area (Å²) in [4.78, 5) is 0. The van der Waals surface area contributed by atoms with E-state index in [1.54, 1.807) is 0 Å². The largest absolute Gasteiger partial charge is 0.468 e. The van der Waals surface area contributed by atoms with Crippen LogP contribution in [-0.2, 0) is 0 Å². The number of nitrogens with zero attached hydrogens (tertiary/aromatic N) is 1. The van der Waals surface area contributed by atoms with Gasteiger partial charge in [-0.05, 0) is 29.8 Å². The first-order valence-corrected chi connectivity index (χ1v) is 8.73. The molecule has 5 rings (SSSR count). The van der Waals surface area contributed by atoms with Gasteiger partial charge in [0, 0.05) is 18.6 Å². The number of hydrogen-bond acceptors (Lipinski definition) is 2. The Morgan fingerprint density at radius 3 is 2.50 bits per heavy atom. The molecule has 0 N–H and O–H groups in total. The van der Waals surface area contributed by atoms with Crippen LogP contribution in [-0.4, -0.2) is 0 Å². The molecule has 0 fully saturated rings. The molecular formula is C23H18NO2+. The lowest BCUT2D eigenvalue weighted by molar-refractivity contribution is -0.758. The van der Waals surface area contributed by atoms with Crippen LogP contribution in [0.4, 0.5) is 0 Å². The Hall–Kier alpha value is -3.33. The van der Waals surface area contributed by atoms with E-state index in [1.165, 1.54) is 0 Å². The predicted molar refractivity (Wildman–Crippen MR) is 101 cm³/mol. The van der Waals surface area contributed by atoms with Crippen LogP contribution in [0.25, 0.3) is 22.0 Å². The second-order valence-corrected chi connectivity index (χ2v) is 6.44. The van der Waals surface area contributed by atoms with E-state index in [1.807, 2.05) is 48.5 Å². The number of ether oxygens (including phenoxy) is 2. The van der Waals surface area contributed by atoms with Crippen molar-refractivity contribution in [2.75, 3.05) is 0 Å². The highest BCUT2D eigenvalue weighted by Gasteiger charge is 2.37. The van der Waals surface area contributed by atoms with E-state index in [0.29, 0.717) is 0 Å². The highest BCUT2D eigenvalue weighted by atomic mass is 16.7. The zero-order valence-electron chi connectivity index (χ0n) is 14.4. The van der Waals surface area contributed by atoms with Crippen molar-refractivity contribution in [3.05, 3.63) is 90.6 Å². The van der Waals surface area contributed by atoms with Crippen molar-refractivity contribution in [1.29, 1.82) is 0 Å². The highest BCUT2D eigenvalue weighted by molar-refractivity contribution is 5.82. The molecule has 4 aromatic rings. The van der Waals surface area contributed by atoms with Crippen molar-refractivity contribution in [3.63, 3.8) is 0 Å². The van der Waals surface area contributed by atoms with Crippen molar-refractivity contribution < 1.29 is 14.0 Å². The van der Waals surface area contributed by atoms with Gasteiger partial charge in [0.25, 0.3) is 5.52 Å². The van der Waals surface area contributed by atoms with E-state index < -0.39 is 6.41 Å². The maximum Gasteiger partial charge on any atom is 0.468 e. The van der Waals surface area contributed by atoms with Gasteiger partial charge in [-0.1, -0.05) is 54.6 Å². The summed E-state index contributed by atoms with van der Waals surface area (Å²) in [6.07, 6.45) is -0.513. The number of pyridine rings is 1. The van der Waals surface area contributed by atoms with Gasteiger partial charge in [0.05, 0.1) is 5.39 Å². The van der Waals surface area contributed by atoms with Crippen molar-refractivity contribution in [3.8, 4) is 22.6 Å². The Morgan fingerprint density at radius 2 is 1.62 bits per heavy atom. The Labute approximate surface area is 152 Å². The molecule has 126 valence electrons. The molecule has 3 nitrogen and oxygen atoms in total. The quantitative estimate of drug-likeness (QED) is 0.488. The Morgan fingerprint density at radius 1 is 0.808 bits per heavy atom. The molecule has 0 spiro atoms. The summed E-state index contributed by atoms with van der Waals surface area (Å²) in [5, 5.41) is 1.15. The smallest absolute Gasteiger partial charge is 0.401 e. The predicted octanol–water partition coefficient (Wildman–Crippen LogP) is 5.03. The van der Waals surface area contributed by atoms with E-state index in [4.69, 9.17) is 9.47 Å². The number of rotatable bonds is 3. The lowest BCUT2D eigenvalue weighted by Crippen LogP contribution is -2.44. The molecule has 0 saturated carbocycles. The second-order valence-electron chi connectivity index (χ2n) is 6.44. The fraction of sp³-hybridized carbons (Fsp3) is 0.0870. The third-order valence-corrected chi connectivity index (χ3v) is 4.79. The topological polar surface area (TPSA) is 22.3 Å². The monoisotopic (exact) mass is 340 g/mol. The van der Waals surface area contributed by atoms with Crippen LogP contribution in [0.2, 0.25) is 0 Å². The fourth-order valence-electron chi connectivity index (χ4n) is 3.54. The van der Waals surface area contributed by atoms with Gasteiger partial charge in [-0.2, -0.15) is 0 Å². The molecule has 3 aromatic carbocycles. The molecule has 1 aliphatic rings. The summed E-state index contributed by atoms with van der Waals surface area (Å²) in [7, 11) is 0. The summed E-state index contributed by atoms with van der Waals surface area (Å²) in [5.74, 6) is 1.66. The number of aromatic nitrogens is 1. The average molecular weight is 340 g/mol. The zero-order valence-corrected chi connectivity index (χ0v) is 14.4. The summed E-state index contributed by atoms with van der Waals surface area (Å²) >= 11 is 0. The van der Waals surface area contributed by atoms with Crippen LogP contribution in [0.3, 0.4) is 0 Å². The lowest BCUT2D eigenvalue weighted by Gasteiger charge is -2.14. The minimum atomic E-state index is -0.513. The van der Waals surface area contributed by atoms with Crippen molar-refractivity contribution in [2.45, 2.75) is 13.3 Å². The lowest BCUT2D eigenvalue weighted by atomic mass is 10.1. The maximum atomic E-state index is 6.36. The number of hydrogen-bond donors (Lipinski definition) is 0. The zero-order chi connectivity index (χ0) is 17.5. The first kappa shape index (κ1) is 15.0. The molecular weight excluding hydrogens is 322 g/mol. The summed E-state index contributed by atoms with van der Waals surface area (Å²) in [5.41, 5.74) is 4.36. The van der Waals surface area contributed by atoms with E-state index in [2.05, 4.69) is 47.9 Å². The van der Waals surface area contributed by atoms with Gasteiger partial charge < -0.3 is 9.47 Å². The molecule has 26 heavy (non-hydrogen) atoms. The van der Waals surface area contributed by atoms with Gasteiger partial charge in [-0.3, -0.25) is 0 Å². The normalized spacial score (nSPS) is 15.0. The third kappa shape index (κ3) is 2.32. The number of benzene rings is 3. The number of para-hydroxylation sites is 2. The number of aryl methyl sites for hydroxylation is 1. The molecule has 1 aromatic heterocycles. The van der Waals surface area contributed by atoms with Crippen molar-refractivity contribution in [2.24, 2.45) is 0 Å². The Bertz CT molecular complexity index is 1110. The molecule has 0 saturated heterocycles. The van der Waals surface area contributed by atoms with Gasteiger partial charge in [0.2, 0.25) is 5.75 Å². The van der Waals surface area contributed by atoms with Gasteiger partial charge in [0.1, 0.15) is 5.75 Å². The first-order chi connectivity index (χ1) is 12.8. The van der Waals surface area contributed by atoms with Crippen LogP contribution < -0.4 is 14.0 Å². The molecule has 2 heterocycles. The standard InChI is InChI=1S/C23H18NO2/c1-16-14-15-18-10-7-13-21-22(18)24(16)23(26-21)25-20-12-6-5-11-19(20)17-8-3-2-4-9-17/h2-15,23H,1H3/q+1. The Kier molecular flexibility index (Phi) is 3.39. The van der Waals surface area contributed by atoms with Gasteiger partial charge >= 0.3 is 6.41 Å². The minimum Gasteiger partial charge on any atom is -0.401 e. The van der Waals surface area contributed by atoms with E-state index >= 15 is 0 Å². The highest BCUT2D eigenvalue weighted by Crippen LogP contribution is 2.35. The molecule has 0 bridgehead atoms. The summed E-state index contributed by atoms with van der Waals surface area (Å²) in [6.45, 7) is 2.07. The Balaban J connectivity index is 1.59. The van der Waals surface area contributed by atoms with Crippen LogP contribution in [0, 0.1) is 6.92 Å². The second kappa shape index (κ2) is 5.88. The maximum absolute atomic E-state index is 6.36. The minimum absolute atomic E-state index is 0.513. The van der Waals surface area contributed by atoms with Gasteiger partial charge in [-0.25, -0.2) is 0 Å². The fourth-order valence-corrected chi connectivity index (χ4v) is 3.54. The molecule has 0 radical (unpaired) electrons.